The van der Waals surface area contributed by atoms with Gasteiger partial charge in [0.15, 0.2) is 0 Å². The molecular formula is C5H5NSe2. The third-order valence-corrected chi connectivity index (χ3v) is 0.566. The van der Waals surface area contributed by atoms with Gasteiger partial charge in [0, 0.05) is 12.4 Å². The minimum Gasteiger partial charge on any atom is -0.265 e. The first kappa shape index (κ1) is 8.19. The molecule has 8 heavy (non-hydrogen) atoms. The summed E-state index contributed by atoms with van der Waals surface area (Å²) in [6.45, 7) is 0. The Bertz CT molecular complexity index is 93.3. The van der Waals surface area contributed by atoms with Gasteiger partial charge in [0.25, 0.3) is 0 Å². The van der Waals surface area contributed by atoms with Gasteiger partial charge in [0.1, 0.15) is 0 Å². The fraction of sp³-hybridized carbons (Fsp3) is 0. The molecule has 0 unspecified atom stereocenters. The van der Waals surface area contributed by atoms with Gasteiger partial charge in [-0.05, 0) is 12.1 Å². The number of aromatic nitrogens is 1. The Hall–Kier alpha value is 0.189. The van der Waals surface area contributed by atoms with Gasteiger partial charge in [-0.25, -0.2) is 0 Å². The molecular weight excluding hydrogens is 232 g/mol. The van der Waals surface area contributed by atoms with E-state index in [0.29, 0.717) is 0 Å². The molecule has 1 nitrogen and oxygen atoms in total. The van der Waals surface area contributed by atoms with E-state index >= 15 is 0 Å². The van der Waals surface area contributed by atoms with E-state index in [9.17, 15) is 0 Å². The van der Waals surface area contributed by atoms with Crippen molar-refractivity contribution in [3.63, 3.8) is 0 Å². The van der Waals surface area contributed by atoms with E-state index in [1.54, 1.807) is 12.4 Å². The van der Waals surface area contributed by atoms with E-state index in [1.165, 1.54) is 0 Å². The quantitative estimate of drug-likeness (QED) is 0.592. The minimum atomic E-state index is 1.75. The second-order valence-corrected chi connectivity index (χ2v) is 1.02. The van der Waals surface area contributed by atoms with Gasteiger partial charge in [-0.2, -0.15) is 0 Å². The summed E-state index contributed by atoms with van der Waals surface area (Å²) < 4.78 is 0. The van der Waals surface area contributed by atoms with Crippen molar-refractivity contribution in [1.29, 1.82) is 0 Å². The molecule has 0 aliphatic carbocycles. The van der Waals surface area contributed by atoms with Crippen molar-refractivity contribution in [1.82, 2.24) is 4.98 Å². The van der Waals surface area contributed by atoms with Crippen LogP contribution in [0.1, 0.15) is 0 Å². The molecule has 1 heterocycles. The Morgan fingerprint density at radius 1 is 0.875 bits per heavy atom. The van der Waals surface area contributed by atoms with Crippen LogP contribution in [0.5, 0.6) is 0 Å². The number of pyridine rings is 1. The van der Waals surface area contributed by atoms with Crippen molar-refractivity contribution in [2.24, 2.45) is 0 Å². The van der Waals surface area contributed by atoms with Crippen LogP contribution in [0.2, 0.25) is 0 Å². The van der Waals surface area contributed by atoms with Gasteiger partial charge in [0.05, 0.1) is 0 Å². The van der Waals surface area contributed by atoms with Crippen LogP contribution in [0.25, 0.3) is 0 Å². The normalized spacial score (nSPS) is 6.50. The number of nitrogens with zero attached hydrogens (tertiary/aromatic N) is 1. The summed E-state index contributed by atoms with van der Waals surface area (Å²) in [5.74, 6) is 0. The van der Waals surface area contributed by atoms with Gasteiger partial charge >= 0.3 is 27.3 Å². The molecule has 0 aliphatic heterocycles. The SMILES string of the molecule is [Se]=[Se].c1ccncc1. The molecule has 42 valence electrons. The first-order valence-corrected chi connectivity index (χ1v) is 6.35. The molecule has 0 spiro atoms. The van der Waals surface area contributed by atoms with Crippen LogP contribution in [-0.4, -0.2) is 32.3 Å². The summed E-state index contributed by atoms with van der Waals surface area (Å²) >= 11 is 5.00. The Labute approximate surface area is 63.0 Å². The Kier molecular flexibility index (Phi) is 7.36. The zero-order valence-corrected chi connectivity index (χ0v) is 7.58. The molecule has 0 atom stereocenters. The zero-order valence-electron chi connectivity index (χ0n) is 4.15. The molecule has 0 saturated carbocycles. The monoisotopic (exact) mass is 239 g/mol. The molecule has 0 aromatic carbocycles. The van der Waals surface area contributed by atoms with Crippen LogP contribution in [0.15, 0.2) is 30.6 Å². The first-order chi connectivity index (χ1) is 4.00. The van der Waals surface area contributed by atoms with E-state index in [4.69, 9.17) is 0 Å². The molecule has 1 aromatic rings. The standard InChI is InChI=1S/C5H5N.Se2/c1-2-4-6-5-3-1;1-2/h1-5H;. The first-order valence-electron chi connectivity index (χ1n) is 2.02. The van der Waals surface area contributed by atoms with E-state index in [2.05, 4.69) is 32.3 Å². The largest absolute Gasteiger partial charge is 0.265 e. The van der Waals surface area contributed by atoms with Gasteiger partial charge in [-0.3, -0.25) is 4.98 Å². The van der Waals surface area contributed by atoms with Crippen LogP contribution in [0.3, 0.4) is 0 Å². The summed E-state index contributed by atoms with van der Waals surface area (Å²) in [5, 5.41) is 0. The number of hydrogen-bond donors (Lipinski definition) is 0. The zero-order chi connectivity index (χ0) is 6.24. The second kappa shape index (κ2) is 7.19. The van der Waals surface area contributed by atoms with Crippen LogP contribution in [0.4, 0.5) is 0 Å². The van der Waals surface area contributed by atoms with Crippen molar-refractivity contribution >= 4 is 27.3 Å². The van der Waals surface area contributed by atoms with Crippen LogP contribution >= 0.6 is 0 Å². The average molecular weight is 237 g/mol. The maximum Gasteiger partial charge on any atom is 0.0267 e. The van der Waals surface area contributed by atoms with Gasteiger partial charge in [-0.15, -0.1) is 0 Å². The summed E-state index contributed by atoms with van der Waals surface area (Å²) in [5.41, 5.74) is 0. The number of rotatable bonds is 0. The smallest absolute Gasteiger partial charge is 0.0267 e. The molecule has 0 N–H and O–H groups in total. The van der Waals surface area contributed by atoms with Crippen molar-refractivity contribution in [3.8, 4) is 0 Å². The maximum atomic E-state index is 3.78. The molecule has 3 heteroatoms. The van der Waals surface area contributed by atoms with Gasteiger partial charge in [-0.1, -0.05) is 6.07 Å². The second-order valence-electron chi connectivity index (χ2n) is 1.02. The molecule has 0 saturated heterocycles. The predicted octanol–water partition coefficient (Wildman–Crippen LogP) is 0.320. The fourth-order valence-corrected chi connectivity index (χ4v) is 0.313. The van der Waals surface area contributed by atoms with E-state index in [1.807, 2.05) is 18.2 Å². The van der Waals surface area contributed by atoms with E-state index < -0.39 is 0 Å². The van der Waals surface area contributed by atoms with Crippen LogP contribution in [-0.2, 0) is 0 Å². The molecule has 0 aliphatic rings. The molecule has 0 fully saturated rings. The van der Waals surface area contributed by atoms with Gasteiger partial charge in [0.2, 0.25) is 0 Å². The Balaban J connectivity index is 0.000000222. The molecule has 1 aromatic heterocycles. The maximum absolute atomic E-state index is 3.78. The predicted molar refractivity (Wildman–Crippen MR) is 35.7 cm³/mol. The molecule has 0 amide bonds. The van der Waals surface area contributed by atoms with E-state index in [-0.39, 0.29) is 0 Å². The van der Waals surface area contributed by atoms with Crippen molar-refractivity contribution < 1.29 is 0 Å². The number of hydrogen-bond acceptors (Lipinski definition) is 1. The van der Waals surface area contributed by atoms with Crippen molar-refractivity contribution in [2.45, 2.75) is 0 Å². The minimum absolute atomic E-state index is 1.75. The third kappa shape index (κ3) is 4.35. The molecule has 0 radical (unpaired) electrons. The molecule has 1 rings (SSSR count). The van der Waals surface area contributed by atoms with Crippen LogP contribution < -0.4 is 0 Å². The van der Waals surface area contributed by atoms with E-state index in [0.717, 1.165) is 0 Å². The van der Waals surface area contributed by atoms with Crippen molar-refractivity contribution in [3.05, 3.63) is 30.6 Å². The molecule has 0 bridgehead atoms. The third-order valence-electron chi connectivity index (χ3n) is 0.566. The van der Waals surface area contributed by atoms with Crippen LogP contribution in [0, 0.1) is 0 Å². The summed E-state index contributed by atoms with van der Waals surface area (Å²) in [7, 11) is 0. The van der Waals surface area contributed by atoms with Crippen molar-refractivity contribution in [2.75, 3.05) is 0 Å². The fourth-order valence-electron chi connectivity index (χ4n) is 0.313. The Morgan fingerprint density at radius 3 is 1.50 bits per heavy atom. The summed E-state index contributed by atoms with van der Waals surface area (Å²) in [4.78, 5) is 3.78. The van der Waals surface area contributed by atoms with Gasteiger partial charge < -0.3 is 0 Å². The average Bonchev–Trinajstić information content (AvgIpc) is 1.96. The Morgan fingerprint density at radius 2 is 1.38 bits per heavy atom. The summed E-state index contributed by atoms with van der Waals surface area (Å²) in [6, 6.07) is 5.72. The summed E-state index contributed by atoms with van der Waals surface area (Å²) in [6.07, 6.45) is 3.50. The topological polar surface area (TPSA) is 12.9 Å².